The highest BCUT2D eigenvalue weighted by Crippen LogP contribution is 2.37. The van der Waals surface area contributed by atoms with Crippen LogP contribution in [0.3, 0.4) is 0 Å². The number of carbonyl (C=O) groups excluding carboxylic acids is 1. The van der Waals surface area contributed by atoms with Gasteiger partial charge in [0.1, 0.15) is 0 Å². The fourth-order valence-electron chi connectivity index (χ4n) is 4.04. The first kappa shape index (κ1) is 15.5. The first-order chi connectivity index (χ1) is 10.8. The molecule has 0 aromatic heterocycles. The molecule has 1 amide bonds. The fraction of sp³-hybridized carbons (Fsp3) is 0.632. The highest BCUT2D eigenvalue weighted by atomic mass is 16.1. The van der Waals surface area contributed by atoms with Crippen molar-refractivity contribution in [2.75, 3.05) is 26.2 Å². The van der Waals surface area contributed by atoms with Gasteiger partial charge in [0.2, 0.25) is 5.91 Å². The topological polar surface area (TPSA) is 32.3 Å². The summed E-state index contributed by atoms with van der Waals surface area (Å²) >= 11 is 0. The fourth-order valence-corrected chi connectivity index (χ4v) is 4.04. The van der Waals surface area contributed by atoms with E-state index in [1.807, 2.05) is 6.07 Å². The molecule has 1 aromatic rings. The summed E-state index contributed by atoms with van der Waals surface area (Å²) in [7, 11) is 0. The number of likely N-dealkylation sites (tertiary alicyclic amines) is 1. The van der Waals surface area contributed by atoms with Gasteiger partial charge in [-0.15, -0.1) is 0 Å². The SMILES string of the molecule is O=C(NCCN1CCCC1)C(c1ccccc1)C1CCCC1. The van der Waals surface area contributed by atoms with Crippen LogP contribution in [0.2, 0.25) is 0 Å². The second-order valence-electron chi connectivity index (χ2n) is 6.77. The minimum atomic E-state index is 0.0438. The predicted octanol–water partition coefficient (Wildman–Crippen LogP) is 3.17. The van der Waals surface area contributed by atoms with E-state index in [1.165, 1.54) is 57.2 Å². The van der Waals surface area contributed by atoms with Crippen molar-refractivity contribution in [1.29, 1.82) is 0 Å². The van der Waals surface area contributed by atoms with Gasteiger partial charge in [0.15, 0.2) is 0 Å². The standard InChI is InChI=1S/C19H28N2O/c22-19(20-12-15-21-13-6-7-14-21)18(17-10-4-5-11-17)16-8-2-1-3-9-16/h1-3,8-9,17-18H,4-7,10-15H2,(H,20,22). The van der Waals surface area contributed by atoms with E-state index >= 15 is 0 Å². The van der Waals surface area contributed by atoms with Crippen molar-refractivity contribution in [2.24, 2.45) is 5.92 Å². The molecule has 1 saturated heterocycles. The summed E-state index contributed by atoms with van der Waals surface area (Å²) in [6, 6.07) is 10.4. The van der Waals surface area contributed by atoms with Gasteiger partial charge in [-0.25, -0.2) is 0 Å². The maximum Gasteiger partial charge on any atom is 0.227 e. The molecule has 1 atom stereocenters. The number of amides is 1. The molecule has 1 aliphatic carbocycles. The molecule has 0 radical (unpaired) electrons. The Bertz CT molecular complexity index is 462. The molecule has 0 bridgehead atoms. The number of rotatable bonds is 6. The highest BCUT2D eigenvalue weighted by Gasteiger charge is 2.31. The molecular weight excluding hydrogens is 272 g/mol. The molecule has 2 fully saturated rings. The second kappa shape index (κ2) is 7.77. The summed E-state index contributed by atoms with van der Waals surface area (Å²) < 4.78 is 0. The molecule has 1 aromatic carbocycles. The maximum absolute atomic E-state index is 12.8. The van der Waals surface area contributed by atoms with Crippen molar-refractivity contribution < 1.29 is 4.79 Å². The Balaban J connectivity index is 1.59. The lowest BCUT2D eigenvalue weighted by molar-refractivity contribution is -0.123. The van der Waals surface area contributed by atoms with E-state index in [-0.39, 0.29) is 11.8 Å². The number of hydrogen-bond acceptors (Lipinski definition) is 2. The highest BCUT2D eigenvalue weighted by molar-refractivity contribution is 5.84. The van der Waals surface area contributed by atoms with Crippen molar-refractivity contribution in [2.45, 2.75) is 44.4 Å². The Hall–Kier alpha value is -1.35. The lowest BCUT2D eigenvalue weighted by atomic mass is 9.84. The molecule has 3 rings (SSSR count). The number of nitrogens with zero attached hydrogens (tertiary/aromatic N) is 1. The summed E-state index contributed by atoms with van der Waals surface area (Å²) in [5.74, 6) is 0.800. The van der Waals surface area contributed by atoms with Crippen LogP contribution >= 0.6 is 0 Å². The largest absolute Gasteiger partial charge is 0.354 e. The van der Waals surface area contributed by atoms with Gasteiger partial charge in [-0.3, -0.25) is 4.79 Å². The summed E-state index contributed by atoms with van der Waals surface area (Å²) in [5.41, 5.74) is 1.19. The molecule has 22 heavy (non-hydrogen) atoms. The lowest BCUT2D eigenvalue weighted by Gasteiger charge is -2.24. The molecule has 2 aliphatic rings. The molecule has 1 heterocycles. The van der Waals surface area contributed by atoms with Gasteiger partial charge in [-0.2, -0.15) is 0 Å². The molecule has 120 valence electrons. The van der Waals surface area contributed by atoms with Gasteiger partial charge in [0.05, 0.1) is 5.92 Å². The molecule has 0 spiro atoms. The van der Waals surface area contributed by atoms with E-state index < -0.39 is 0 Å². The van der Waals surface area contributed by atoms with E-state index in [0.29, 0.717) is 5.92 Å². The number of benzene rings is 1. The average molecular weight is 300 g/mol. The van der Waals surface area contributed by atoms with Crippen molar-refractivity contribution in [1.82, 2.24) is 10.2 Å². The number of nitrogens with one attached hydrogen (secondary N) is 1. The van der Waals surface area contributed by atoms with Crippen LogP contribution in [-0.4, -0.2) is 37.0 Å². The van der Waals surface area contributed by atoms with Gasteiger partial charge >= 0.3 is 0 Å². The van der Waals surface area contributed by atoms with E-state index in [1.54, 1.807) is 0 Å². The van der Waals surface area contributed by atoms with Gasteiger partial charge in [0, 0.05) is 13.1 Å². The normalized spacial score (nSPS) is 21.1. The second-order valence-corrected chi connectivity index (χ2v) is 6.77. The van der Waals surface area contributed by atoms with Crippen LogP contribution in [0.15, 0.2) is 30.3 Å². The van der Waals surface area contributed by atoms with Crippen LogP contribution in [0.5, 0.6) is 0 Å². The van der Waals surface area contributed by atoms with Gasteiger partial charge in [-0.1, -0.05) is 43.2 Å². The predicted molar refractivity (Wildman–Crippen MR) is 89.8 cm³/mol. The zero-order chi connectivity index (χ0) is 15.2. The minimum Gasteiger partial charge on any atom is -0.354 e. The summed E-state index contributed by atoms with van der Waals surface area (Å²) in [5, 5.41) is 3.20. The molecule has 3 nitrogen and oxygen atoms in total. The van der Waals surface area contributed by atoms with E-state index in [0.717, 1.165) is 13.1 Å². The van der Waals surface area contributed by atoms with Crippen molar-refractivity contribution in [3.05, 3.63) is 35.9 Å². The third-order valence-electron chi connectivity index (χ3n) is 5.24. The zero-order valence-corrected chi connectivity index (χ0v) is 13.5. The first-order valence-corrected chi connectivity index (χ1v) is 8.89. The molecule has 1 unspecified atom stereocenters. The molecule has 3 heteroatoms. The van der Waals surface area contributed by atoms with Crippen LogP contribution in [0.1, 0.15) is 50.0 Å². The quantitative estimate of drug-likeness (QED) is 0.875. The Morgan fingerprint density at radius 2 is 1.77 bits per heavy atom. The summed E-state index contributed by atoms with van der Waals surface area (Å²) in [6.07, 6.45) is 7.55. The third-order valence-corrected chi connectivity index (χ3v) is 5.24. The summed E-state index contributed by atoms with van der Waals surface area (Å²) in [4.78, 5) is 15.2. The van der Waals surface area contributed by atoms with E-state index in [2.05, 4.69) is 34.5 Å². The smallest absolute Gasteiger partial charge is 0.227 e. The average Bonchev–Trinajstić information content (AvgIpc) is 3.22. The van der Waals surface area contributed by atoms with Gasteiger partial charge in [0.25, 0.3) is 0 Å². The Kier molecular flexibility index (Phi) is 5.49. The number of hydrogen-bond donors (Lipinski definition) is 1. The Morgan fingerprint density at radius 1 is 1.09 bits per heavy atom. The van der Waals surface area contributed by atoms with Crippen LogP contribution in [-0.2, 0) is 4.79 Å². The number of carbonyl (C=O) groups is 1. The van der Waals surface area contributed by atoms with Gasteiger partial charge in [-0.05, 0) is 50.3 Å². The Morgan fingerprint density at radius 3 is 2.45 bits per heavy atom. The molecule has 1 N–H and O–H groups in total. The van der Waals surface area contributed by atoms with E-state index in [4.69, 9.17) is 0 Å². The molecular formula is C19H28N2O. The monoisotopic (exact) mass is 300 g/mol. The van der Waals surface area contributed by atoms with Gasteiger partial charge < -0.3 is 10.2 Å². The lowest BCUT2D eigenvalue weighted by Crippen LogP contribution is -2.37. The van der Waals surface area contributed by atoms with Crippen LogP contribution in [0.4, 0.5) is 0 Å². The molecule has 1 aliphatic heterocycles. The van der Waals surface area contributed by atoms with Crippen molar-refractivity contribution >= 4 is 5.91 Å². The van der Waals surface area contributed by atoms with E-state index in [9.17, 15) is 4.79 Å². The van der Waals surface area contributed by atoms with Crippen LogP contribution < -0.4 is 5.32 Å². The van der Waals surface area contributed by atoms with Crippen molar-refractivity contribution in [3.8, 4) is 0 Å². The van der Waals surface area contributed by atoms with Crippen LogP contribution in [0, 0.1) is 5.92 Å². The Labute approximate surface area is 134 Å². The zero-order valence-electron chi connectivity index (χ0n) is 13.5. The van der Waals surface area contributed by atoms with Crippen LogP contribution in [0.25, 0.3) is 0 Å². The van der Waals surface area contributed by atoms with Crippen molar-refractivity contribution in [3.63, 3.8) is 0 Å². The third kappa shape index (κ3) is 3.89. The first-order valence-electron chi connectivity index (χ1n) is 8.89. The molecule has 1 saturated carbocycles. The minimum absolute atomic E-state index is 0.0438. The maximum atomic E-state index is 12.8. The summed E-state index contributed by atoms with van der Waals surface area (Å²) in [6.45, 7) is 4.17.